The van der Waals surface area contributed by atoms with Crippen molar-refractivity contribution in [3.8, 4) is 0 Å². The zero-order chi connectivity index (χ0) is 10.9. The molecule has 0 saturated heterocycles. The van der Waals surface area contributed by atoms with Gasteiger partial charge in [0.1, 0.15) is 10.8 Å². The summed E-state index contributed by atoms with van der Waals surface area (Å²) in [4.78, 5) is 14.2. The predicted octanol–water partition coefficient (Wildman–Crippen LogP) is 3.66. The van der Waals surface area contributed by atoms with Crippen LogP contribution in [0.4, 0.5) is 8.78 Å². The van der Waals surface area contributed by atoms with Gasteiger partial charge in [-0.3, -0.25) is 4.79 Å². The molecule has 1 aromatic heterocycles. The average molecular weight is 352 g/mol. The van der Waals surface area contributed by atoms with E-state index in [0.29, 0.717) is 0 Å². The highest BCUT2D eigenvalue weighted by molar-refractivity contribution is 14.1. The topological polar surface area (TPSA) is 30.0 Å². The van der Waals surface area contributed by atoms with Crippen LogP contribution < -0.4 is 0 Å². The van der Waals surface area contributed by atoms with Crippen LogP contribution >= 0.6 is 45.8 Å². The van der Waals surface area contributed by atoms with Crippen LogP contribution in [0.25, 0.3) is 0 Å². The minimum Gasteiger partial charge on any atom is -0.275 e. The summed E-state index contributed by atoms with van der Waals surface area (Å²) in [6, 6.07) is 1.08. The highest BCUT2D eigenvalue weighted by atomic mass is 127. The van der Waals surface area contributed by atoms with Gasteiger partial charge in [0.05, 0.1) is 5.56 Å². The summed E-state index contributed by atoms with van der Waals surface area (Å²) < 4.78 is 24.7. The summed E-state index contributed by atoms with van der Waals surface area (Å²) in [6.07, 6.45) is -2.72. The molecular formula is C7H2Cl2F2INO. The SMILES string of the molecule is O=C(Cl)c1c(I)cc(C(F)F)nc1Cl. The molecule has 1 heterocycles. The van der Waals surface area contributed by atoms with Gasteiger partial charge in [0.2, 0.25) is 0 Å². The molecule has 0 saturated carbocycles. The fourth-order valence-corrected chi connectivity index (χ4v) is 2.45. The zero-order valence-corrected chi connectivity index (χ0v) is 10.1. The molecule has 0 atom stereocenters. The standard InChI is InChI=1S/C7H2Cl2F2INO/c8-5-4(6(9)14)2(12)1-3(13-5)7(10)11/h1,7H. The molecule has 7 heteroatoms. The Morgan fingerprint density at radius 3 is 2.50 bits per heavy atom. The van der Waals surface area contributed by atoms with E-state index in [1.807, 2.05) is 0 Å². The molecule has 76 valence electrons. The predicted molar refractivity (Wildman–Crippen MR) is 57.1 cm³/mol. The van der Waals surface area contributed by atoms with Crippen LogP contribution in [0.3, 0.4) is 0 Å². The first kappa shape index (κ1) is 12.1. The number of carbonyl (C=O) groups excluding carboxylic acids is 1. The Bertz CT molecular complexity index is 363. The Morgan fingerprint density at radius 1 is 1.57 bits per heavy atom. The Hall–Kier alpha value is -0.0100. The van der Waals surface area contributed by atoms with Crippen LogP contribution in [-0.2, 0) is 0 Å². The lowest BCUT2D eigenvalue weighted by atomic mass is 10.2. The molecule has 0 aliphatic rings. The second-order valence-electron chi connectivity index (χ2n) is 2.27. The molecule has 0 aliphatic carbocycles. The monoisotopic (exact) mass is 351 g/mol. The van der Waals surface area contributed by atoms with Gasteiger partial charge in [0, 0.05) is 3.57 Å². The van der Waals surface area contributed by atoms with Crippen molar-refractivity contribution in [1.29, 1.82) is 0 Å². The van der Waals surface area contributed by atoms with E-state index in [-0.39, 0.29) is 14.3 Å². The number of aromatic nitrogens is 1. The quantitative estimate of drug-likeness (QED) is 0.462. The average Bonchev–Trinajstić information content (AvgIpc) is 2.01. The van der Waals surface area contributed by atoms with Gasteiger partial charge in [-0.25, -0.2) is 13.8 Å². The van der Waals surface area contributed by atoms with E-state index in [4.69, 9.17) is 23.2 Å². The highest BCUT2D eigenvalue weighted by Crippen LogP contribution is 2.26. The van der Waals surface area contributed by atoms with Crippen LogP contribution in [-0.4, -0.2) is 10.2 Å². The summed E-state index contributed by atoms with van der Waals surface area (Å²) in [5.74, 6) is 0. The molecule has 0 aliphatic heterocycles. The molecule has 0 unspecified atom stereocenters. The number of carbonyl (C=O) groups is 1. The molecule has 0 radical (unpaired) electrons. The second kappa shape index (κ2) is 4.67. The van der Waals surface area contributed by atoms with E-state index in [2.05, 4.69) is 4.98 Å². The Kier molecular flexibility index (Phi) is 4.03. The molecule has 0 spiro atoms. The second-order valence-corrected chi connectivity index (χ2v) is 4.13. The maximum Gasteiger partial charge on any atom is 0.280 e. The highest BCUT2D eigenvalue weighted by Gasteiger charge is 2.18. The number of alkyl halides is 2. The summed E-state index contributed by atoms with van der Waals surface area (Å²) in [6.45, 7) is 0. The Morgan fingerprint density at radius 2 is 2.14 bits per heavy atom. The van der Waals surface area contributed by atoms with Gasteiger partial charge in [0.25, 0.3) is 11.7 Å². The number of halogens is 5. The summed E-state index contributed by atoms with van der Waals surface area (Å²) in [5.41, 5.74) is -0.514. The summed E-state index contributed by atoms with van der Waals surface area (Å²) in [5, 5.41) is -1.11. The molecule has 1 rings (SSSR count). The largest absolute Gasteiger partial charge is 0.280 e. The molecule has 0 fully saturated rings. The number of pyridine rings is 1. The number of hydrogen-bond donors (Lipinski definition) is 0. The molecule has 14 heavy (non-hydrogen) atoms. The zero-order valence-electron chi connectivity index (χ0n) is 6.40. The van der Waals surface area contributed by atoms with Crippen LogP contribution in [0.2, 0.25) is 5.15 Å². The van der Waals surface area contributed by atoms with Gasteiger partial charge >= 0.3 is 0 Å². The first-order valence-corrected chi connectivity index (χ1v) is 5.11. The number of nitrogens with zero attached hydrogens (tertiary/aromatic N) is 1. The van der Waals surface area contributed by atoms with Crippen molar-refractivity contribution in [2.45, 2.75) is 6.43 Å². The summed E-state index contributed by atoms with van der Waals surface area (Å²) in [7, 11) is 0. The first-order valence-electron chi connectivity index (χ1n) is 3.27. The van der Waals surface area contributed by atoms with Crippen LogP contribution in [0.1, 0.15) is 22.5 Å². The summed E-state index contributed by atoms with van der Waals surface area (Å²) >= 11 is 12.4. The van der Waals surface area contributed by atoms with Crippen LogP contribution in [0.5, 0.6) is 0 Å². The molecule has 0 bridgehead atoms. The van der Waals surface area contributed by atoms with Crippen molar-refractivity contribution in [3.05, 3.63) is 26.0 Å². The van der Waals surface area contributed by atoms with Gasteiger partial charge in [-0.1, -0.05) is 11.6 Å². The van der Waals surface area contributed by atoms with Crippen molar-refractivity contribution in [3.63, 3.8) is 0 Å². The first-order chi connectivity index (χ1) is 6.43. The van der Waals surface area contributed by atoms with E-state index >= 15 is 0 Å². The Balaban J connectivity index is 3.32. The fraction of sp³-hybridized carbons (Fsp3) is 0.143. The van der Waals surface area contributed by atoms with E-state index in [1.165, 1.54) is 0 Å². The van der Waals surface area contributed by atoms with Crippen molar-refractivity contribution < 1.29 is 13.6 Å². The molecule has 2 nitrogen and oxygen atoms in total. The molecule has 0 N–H and O–H groups in total. The lowest BCUT2D eigenvalue weighted by Crippen LogP contribution is -2.01. The van der Waals surface area contributed by atoms with E-state index < -0.39 is 17.4 Å². The minimum atomic E-state index is -2.72. The lowest BCUT2D eigenvalue weighted by molar-refractivity contribution is 0.107. The normalized spacial score (nSPS) is 10.7. The van der Waals surface area contributed by atoms with E-state index in [0.717, 1.165) is 6.07 Å². The third kappa shape index (κ3) is 2.52. The molecule has 0 amide bonds. The van der Waals surface area contributed by atoms with Crippen molar-refractivity contribution in [1.82, 2.24) is 4.98 Å². The lowest BCUT2D eigenvalue weighted by Gasteiger charge is -2.04. The molecule has 0 aromatic carbocycles. The van der Waals surface area contributed by atoms with Crippen molar-refractivity contribution >= 4 is 51.0 Å². The van der Waals surface area contributed by atoms with E-state index in [1.54, 1.807) is 22.6 Å². The minimum absolute atomic E-state index is 0.0432. The van der Waals surface area contributed by atoms with Gasteiger partial charge in [-0.2, -0.15) is 0 Å². The molecular weight excluding hydrogens is 350 g/mol. The molecule has 1 aromatic rings. The number of rotatable bonds is 2. The number of hydrogen-bond acceptors (Lipinski definition) is 2. The maximum atomic E-state index is 12.2. The van der Waals surface area contributed by atoms with Gasteiger partial charge < -0.3 is 0 Å². The van der Waals surface area contributed by atoms with E-state index in [9.17, 15) is 13.6 Å². The Labute approximate surface area is 102 Å². The van der Waals surface area contributed by atoms with Crippen molar-refractivity contribution in [2.75, 3.05) is 0 Å². The van der Waals surface area contributed by atoms with Crippen LogP contribution in [0, 0.1) is 3.57 Å². The van der Waals surface area contributed by atoms with Gasteiger partial charge in [0.15, 0.2) is 0 Å². The maximum absolute atomic E-state index is 12.2. The van der Waals surface area contributed by atoms with Gasteiger partial charge in [-0.05, 0) is 40.3 Å². The smallest absolute Gasteiger partial charge is 0.275 e. The van der Waals surface area contributed by atoms with Crippen molar-refractivity contribution in [2.24, 2.45) is 0 Å². The van der Waals surface area contributed by atoms with Crippen LogP contribution in [0.15, 0.2) is 6.07 Å². The third-order valence-electron chi connectivity index (χ3n) is 1.37. The van der Waals surface area contributed by atoms with Gasteiger partial charge in [-0.15, -0.1) is 0 Å². The third-order valence-corrected chi connectivity index (χ3v) is 2.68. The fourth-order valence-electron chi connectivity index (χ4n) is 0.789.